The van der Waals surface area contributed by atoms with Crippen LogP contribution in [-0.4, -0.2) is 18.2 Å². The van der Waals surface area contributed by atoms with Crippen molar-refractivity contribution in [3.63, 3.8) is 0 Å². The minimum Gasteiger partial charge on any atom is -0.231 e. The molecule has 2 N–H and O–H groups in total. The Balaban J connectivity index is 2.24. The number of aromatic nitrogens is 2. The molecule has 0 aliphatic rings. The monoisotopic (exact) mass is 479 g/mol. The van der Waals surface area contributed by atoms with Crippen LogP contribution in [0.2, 0.25) is 5.02 Å². The number of nitrogens with two attached hydrogens (primary N) is 1. The fraction of sp³-hybridized carbons (Fsp3) is 0.0625. The normalized spacial score (nSPS) is 12.4. The molecule has 0 saturated heterocycles. The van der Waals surface area contributed by atoms with Crippen molar-refractivity contribution in [2.75, 3.05) is 0 Å². The quantitative estimate of drug-likeness (QED) is 0.594. The molecule has 27 heavy (non-hydrogen) atoms. The SMILES string of the molecule is NS(=O)(=O)c1ccc(-n2nc(C(F)(F)F)c(Br)c2-c2ccc(Cl)cc2)cc1. The molecule has 0 bridgehead atoms. The summed E-state index contributed by atoms with van der Waals surface area (Å²) in [6.45, 7) is 0. The number of sulfonamides is 1. The summed E-state index contributed by atoms with van der Waals surface area (Å²) in [6.07, 6.45) is -4.69. The van der Waals surface area contributed by atoms with Gasteiger partial charge in [0.25, 0.3) is 0 Å². The lowest BCUT2D eigenvalue weighted by Gasteiger charge is -2.09. The van der Waals surface area contributed by atoms with Gasteiger partial charge in [-0.3, -0.25) is 0 Å². The second-order valence-electron chi connectivity index (χ2n) is 5.47. The third kappa shape index (κ3) is 4.03. The third-order valence-corrected chi connectivity index (χ3v) is 5.56. The molecule has 2 aromatic carbocycles. The highest BCUT2D eigenvalue weighted by Crippen LogP contribution is 2.41. The lowest BCUT2D eigenvalue weighted by atomic mass is 10.1. The summed E-state index contributed by atoms with van der Waals surface area (Å²) in [7, 11) is -3.93. The van der Waals surface area contributed by atoms with Crippen molar-refractivity contribution >= 4 is 37.6 Å². The van der Waals surface area contributed by atoms with Crippen LogP contribution in [0.15, 0.2) is 57.9 Å². The molecule has 0 aliphatic carbocycles. The Morgan fingerprint density at radius 2 is 1.59 bits per heavy atom. The average Bonchev–Trinajstić information content (AvgIpc) is 2.92. The Morgan fingerprint density at radius 3 is 2.07 bits per heavy atom. The molecule has 0 aliphatic heterocycles. The molecule has 1 aromatic heterocycles. The van der Waals surface area contributed by atoms with Gasteiger partial charge < -0.3 is 0 Å². The molecule has 0 atom stereocenters. The summed E-state index contributed by atoms with van der Waals surface area (Å²) in [5, 5.41) is 9.15. The second-order valence-corrected chi connectivity index (χ2v) is 8.26. The van der Waals surface area contributed by atoms with E-state index in [1.807, 2.05) is 0 Å². The first-order valence-corrected chi connectivity index (χ1v) is 9.95. The van der Waals surface area contributed by atoms with Crippen molar-refractivity contribution in [3.8, 4) is 16.9 Å². The first-order chi connectivity index (χ1) is 12.5. The fourth-order valence-electron chi connectivity index (χ4n) is 2.40. The highest BCUT2D eigenvalue weighted by atomic mass is 79.9. The Morgan fingerprint density at radius 1 is 1.04 bits per heavy atom. The summed E-state index contributed by atoms with van der Waals surface area (Å²) in [4.78, 5) is -0.165. The molecule has 1 heterocycles. The number of nitrogens with zero attached hydrogens (tertiary/aromatic N) is 2. The fourth-order valence-corrected chi connectivity index (χ4v) is 3.74. The minimum atomic E-state index is -4.69. The summed E-state index contributed by atoms with van der Waals surface area (Å²) in [5.74, 6) is 0. The van der Waals surface area contributed by atoms with E-state index in [4.69, 9.17) is 16.7 Å². The zero-order valence-corrected chi connectivity index (χ0v) is 16.4. The first-order valence-electron chi connectivity index (χ1n) is 7.23. The van der Waals surface area contributed by atoms with E-state index in [-0.39, 0.29) is 20.7 Å². The summed E-state index contributed by atoms with van der Waals surface area (Å²) < 4.78 is 63.6. The van der Waals surface area contributed by atoms with Crippen molar-refractivity contribution in [1.29, 1.82) is 0 Å². The molecule has 0 spiro atoms. The molecule has 5 nitrogen and oxygen atoms in total. The largest absolute Gasteiger partial charge is 0.436 e. The van der Waals surface area contributed by atoms with E-state index in [1.165, 1.54) is 36.4 Å². The van der Waals surface area contributed by atoms with Gasteiger partial charge in [-0.1, -0.05) is 23.7 Å². The van der Waals surface area contributed by atoms with Crippen LogP contribution in [0.5, 0.6) is 0 Å². The van der Waals surface area contributed by atoms with Crippen LogP contribution in [0.4, 0.5) is 13.2 Å². The number of hydrogen-bond acceptors (Lipinski definition) is 3. The van der Waals surface area contributed by atoms with Gasteiger partial charge in [0.1, 0.15) is 0 Å². The first kappa shape index (κ1) is 19.9. The van der Waals surface area contributed by atoms with Gasteiger partial charge >= 0.3 is 6.18 Å². The molecular formula is C16H10BrClF3N3O2S. The van der Waals surface area contributed by atoms with Crippen molar-refractivity contribution < 1.29 is 21.6 Å². The van der Waals surface area contributed by atoms with Gasteiger partial charge in [0.05, 0.1) is 20.7 Å². The highest BCUT2D eigenvalue weighted by molar-refractivity contribution is 9.10. The standard InChI is InChI=1S/C16H10BrClF3N3O2S/c17-13-14(9-1-3-10(18)4-2-9)24(23-15(13)16(19,20)21)11-5-7-12(8-6-11)27(22,25)26/h1-8H,(H2,22,25,26). The molecule has 3 rings (SSSR count). The van der Waals surface area contributed by atoms with E-state index in [9.17, 15) is 21.6 Å². The molecule has 0 fully saturated rings. The molecule has 0 amide bonds. The van der Waals surface area contributed by atoms with Crippen molar-refractivity contribution in [2.45, 2.75) is 11.1 Å². The van der Waals surface area contributed by atoms with E-state index >= 15 is 0 Å². The van der Waals surface area contributed by atoms with Gasteiger partial charge in [0.2, 0.25) is 10.0 Å². The van der Waals surface area contributed by atoms with Crippen LogP contribution in [0.1, 0.15) is 5.69 Å². The van der Waals surface area contributed by atoms with Gasteiger partial charge in [0, 0.05) is 10.6 Å². The Labute approximate surface area is 165 Å². The van der Waals surface area contributed by atoms with Crippen molar-refractivity contribution in [2.24, 2.45) is 5.14 Å². The number of hydrogen-bond donors (Lipinski definition) is 1. The average molecular weight is 481 g/mol. The number of primary sulfonamides is 1. The van der Waals surface area contributed by atoms with E-state index < -0.39 is 21.9 Å². The number of halogens is 5. The predicted molar refractivity (Wildman–Crippen MR) is 98.1 cm³/mol. The molecule has 11 heteroatoms. The predicted octanol–water partition coefficient (Wildman–Crippen LogP) is 4.62. The summed E-state index contributed by atoms with van der Waals surface area (Å²) in [5.41, 5.74) is -0.307. The lowest BCUT2D eigenvalue weighted by molar-refractivity contribution is -0.141. The molecule has 0 unspecified atom stereocenters. The molecule has 3 aromatic rings. The molecule has 142 valence electrons. The van der Waals surface area contributed by atoms with Crippen LogP contribution >= 0.6 is 27.5 Å². The smallest absolute Gasteiger partial charge is 0.231 e. The second kappa shape index (κ2) is 6.93. The number of alkyl halides is 3. The van der Waals surface area contributed by atoms with E-state index in [1.54, 1.807) is 12.1 Å². The maximum atomic E-state index is 13.3. The maximum absolute atomic E-state index is 13.3. The zero-order chi connectivity index (χ0) is 20.0. The number of benzene rings is 2. The van der Waals surface area contributed by atoms with Crippen LogP contribution in [0, 0.1) is 0 Å². The minimum absolute atomic E-state index is 0.141. The summed E-state index contributed by atoms with van der Waals surface area (Å²) in [6, 6.07) is 11.2. The molecule has 0 radical (unpaired) electrons. The Hall–Kier alpha value is -1.88. The lowest BCUT2D eigenvalue weighted by Crippen LogP contribution is -2.12. The maximum Gasteiger partial charge on any atom is 0.436 e. The van der Waals surface area contributed by atoms with Gasteiger partial charge in [-0.15, -0.1) is 0 Å². The molecular weight excluding hydrogens is 471 g/mol. The topological polar surface area (TPSA) is 78.0 Å². The van der Waals surface area contributed by atoms with Crippen LogP contribution < -0.4 is 5.14 Å². The van der Waals surface area contributed by atoms with Crippen LogP contribution in [-0.2, 0) is 16.2 Å². The Kier molecular flexibility index (Phi) is 5.10. The summed E-state index contributed by atoms with van der Waals surface area (Å²) >= 11 is 8.84. The van der Waals surface area contributed by atoms with Gasteiger partial charge in [-0.25, -0.2) is 18.2 Å². The van der Waals surface area contributed by atoms with Crippen LogP contribution in [0.25, 0.3) is 16.9 Å². The highest BCUT2D eigenvalue weighted by Gasteiger charge is 2.39. The van der Waals surface area contributed by atoms with E-state index in [0.717, 1.165) is 4.68 Å². The molecule has 0 saturated carbocycles. The Bertz CT molecular complexity index is 1100. The third-order valence-electron chi connectivity index (χ3n) is 3.62. The van der Waals surface area contributed by atoms with Gasteiger partial charge in [0.15, 0.2) is 5.69 Å². The zero-order valence-electron chi connectivity index (χ0n) is 13.2. The van der Waals surface area contributed by atoms with Gasteiger partial charge in [-0.05, 0) is 52.3 Å². The van der Waals surface area contributed by atoms with Gasteiger partial charge in [-0.2, -0.15) is 18.3 Å². The van der Waals surface area contributed by atoms with E-state index in [2.05, 4.69) is 21.0 Å². The van der Waals surface area contributed by atoms with E-state index in [0.29, 0.717) is 10.6 Å². The van der Waals surface area contributed by atoms with Crippen molar-refractivity contribution in [1.82, 2.24) is 9.78 Å². The number of rotatable bonds is 3. The van der Waals surface area contributed by atoms with Crippen LogP contribution in [0.3, 0.4) is 0 Å². The van der Waals surface area contributed by atoms with Crippen molar-refractivity contribution in [3.05, 3.63) is 63.7 Å².